The Balaban J connectivity index is 1.36. The number of benzene rings is 1. The lowest BCUT2D eigenvalue weighted by Crippen LogP contribution is -2.48. The number of carbonyl (C=O) groups is 1. The van der Waals surface area contributed by atoms with E-state index in [4.69, 9.17) is 14.5 Å². The molecule has 1 amide bonds. The highest BCUT2D eigenvalue weighted by atomic mass is 32.1. The number of rotatable bonds is 5. The number of hydrogen-bond acceptors (Lipinski definition) is 6. The number of thiazole rings is 1. The Bertz CT molecular complexity index is 786. The molecular weight excluding hydrogens is 374 g/mol. The number of hydrogen-bond donors (Lipinski definition) is 0. The second kappa shape index (κ2) is 9.03. The maximum absolute atomic E-state index is 12.8. The summed E-state index contributed by atoms with van der Waals surface area (Å²) in [6.45, 7) is 5.44. The van der Waals surface area contributed by atoms with Crippen LogP contribution in [0.25, 0.3) is 10.6 Å². The zero-order valence-corrected chi connectivity index (χ0v) is 17.1. The molecule has 2 saturated heterocycles. The number of morpholine rings is 1. The summed E-state index contributed by atoms with van der Waals surface area (Å²) < 4.78 is 10.6. The molecule has 0 bridgehead atoms. The third-order valence-electron chi connectivity index (χ3n) is 5.45. The van der Waals surface area contributed by atoms with Gasteiger partial charge in [-0.1, -0.05) is 0 Å². The summed E-state index contributed by atoms with van der Waals surface area (Å²) in [6.07, 6.45) is 2.05. The van der Waals surface area contributed by atoms with Gasteiger partial charge in [0.1, 0.15) is 10.8 Å². The van der Waals surface area contributed by atoms with Crippen LogP contribution in [0.4, 0.5) is 0 Å². The van der Waals surface area contributed by atoms with Crippen molar-refractivity contribution in [2.75, 3.05) is 46.5 Å². The largest absolute Gasteiger partial charge is 0.497 e. The van der Waals surface area contributed by atoms with Gasteiger partial charge in [0.05, 0.1) is 31.9 Å². The first kappa shape index (κ1) is 19.4. The van der Waals surface area contributed by atoms with Crippen LogP contribution in [0.5, 0.6) is 5.75 Å². The van der Waals surface area contributed by atoms with Crippen molar-refractivity contribution in [3.05, 3.63) is 35.3 Å². The summed E-state index contributed by atoms with van der Waals surface area (Å²) in [6, 6.07) is 8.00. The van der Waals surface area contributed by atoms with Crippen molar-refractivity contribution in [1.82, 2.24) is 14.8 Å². The second-order valence-corrected chi connectivity index (χ2v) is 8.24. The highest BCUT2D eigenvalue weighted by Gasteiger charge is 2.30. The van der Waals surface area contributed by atoms with E-state index in [1.165, 1.54) is 0 Å². The quantitative estimate of drug-likeness (QED) is 0.771. The molecule has 1 aromatic carbocycles. The molecule has 2 aliphatic heterocycles. The Morgan fingerprint density at radius 3 is 2.79 bits per heavy atom. The average molecular weight is 402 g/mol. The van der Waals surface area contributed by atoms with Crippen molar-refractivity contribution >= 4 is 17.2 Å². The molecule has 0 spiro atoms. The molecular formula is C21H27N3O3S. The molecule has 1 atom stereocenters. The molecule has 3 heterocycles. The van der Waals surface area contributed by atoms with Gasteiger partial charge in [-0.2, -0.15) is 0 Å². The van der Waals surface area contributed by atoms with E-state index in [1.807, 2.05) is 29.2 Å². The maximum atomic E-state index is 12.8. The number of likely N-dealkylation sites (tertiary alicyclic amines) is 1. The lowest BCUT2D eigenvalue weighted by atomic mass is 9.96. The van der Waals surface area contributed by atoms with Gasteiger partial charge in [0.2, 0.25) is 5.91 Å². The first-order valence-corrected chi connectivity index (χ1v) is 10.8. The Hall–Kier alpha value is -1.96. The number of amides is 1. The lowest BCUT2D eigenvalue weighted by Gasteiger charge is -2.36. The van der Waals surface area contributed by atoms with Crippen molar-refractivity contribution < 1.29 is 14.3 Å². The van der Waals surface area contributed by atoms with Gasteiger partial charge in [-0.15, -0.1) is 11.3 Å². The van der Waals surface area contributed by atoms with Crippen LogP contribution in [-0.2, 0) is 16.1 Å². The third-order valence-corrected chi connectivity index (χ3v) is 6.39. The molecule has 1 aromatic heterocycles. The van der Waals surface area contributed by atoms with Crippen molar-refractivity contribution in [3.8, 4) is 16.3 Å². The first-order valence-electron chi connectivity index (χ1n) is 9.90. The number of ether oxygens (including phenoxy) is 2. The summed E-state index contributed by atoms with van der Waals surface area (Å²) in [5, 5.41) is 3.16. The number of methoxy groups -OCH3 is 1. The van der Waals surface area contributed by atoms with E-state index < -0.39 is 0 Å². The second-order valence-electron chi connectivity index (χ2n) is 7.38. The fourth-order valence-electron chi connectivity index (χ4n) is 3.92. The Morgan fingerprint density at radius 1 is 1.25 bits per heavy atom. The molecule has 1 unspecified atom stereocenters. The van der Waals surface area contributed by atoms with Gasteiger partial charge in [0.15, 0.2) is 0 Å². The van der Waals surface area contributed by atoms with Crippen LogP contribution in [0.1, 0.15) is 18.5 Å². The smallest absolute Gasteiger partial charge is 0.227 e. The molecule has 2 aromatic rings. The number of carbonyl (C=O) groups excluding carboxylic acids is 1. The fraction of sp³-hybridized carbons (Fsp3) is 0.524. The van der Waals surface area contributed by atoms with Crippen molar-refractivity contribution in [2.24, 2.45) is 5.92 Å². The van der Waals surface area contributed by atoms with Crippen LogP contribution in [0.3, 0.4) is 0 Å². The van der Waals surface area contributed by atoms with Gasteiger partial charge in [-0.3, -0.25) is 9.69 Å². The molecule has 2 fully saturated rings. The standard InChI is InChI=1S/C21H27N3O3S/c1-26-19-6-4-16(5-7-19)20-22-18(15-28-20)14-23-8-2-3-17(13-23)21(25)24-9-11-27-12-10-24/h4-7,15,17H,2-3,8-14H2,1H3. The van der Waals surface area contributed by atoms with E-state index in [-0.39, 0.29) is 5.92 Å². The van der Waals surface area contributed by atoms with Crippen LogP contribution >= 0.6 is 11.3 Å². The zero-order valence-electron chi connectivity index (χ0n) is 16.3. The van der Waals surface area contributed by atoms with Gasteiger partial charge in [-0.05, 0) is 43.7 Å². The number of aromatic nitrogens is 1. The number of piperidine rings is 1. The monoisotopic (exact) mass is 401 g/mol. The lowest BCUT2D eigenvalue weighted by molar-refractivity contribution is -0.141. The third kappa shape index (κ3) is 4.54. The van der Waals surface area contributed by atoms with E-state index in [1.54, 1.807) is 18.4 Å². The summed E-state index contributed by atoms with van der Waals surface area (Å²) in [4.78, 5) is 22.0. The molecule has 28 heavy (non-hydrogen) atoms. The predicted molar refractivity (Wildman–Crippen MR) is 110 cm³/mol. The molecule has 0 N–H and O–H groups in total. The average Bonchev–Trinajstić information content (AvgIpc) is 3.22. The van der Waals surface area contributed by atoms with Crippen LogP contribution in [-0.4, -0.2) is 67.2 Å². The topological polar surface area (TPSA) is 54.9 Å². The Labute approximate surface area is 170 Å². The highest BCUT2D eigenvalue weighted by Crippen LogP contribution is 2.27. The highest BCUT2D eigenvalue weighted by molar-refractivity contribution is 7.13. The molecule has 0 saturated carbocycles. The minimum absolute atomic E-state index is 0.103. The van der Waals surface area contributed by atoms with Gasteiger partial charge in [0, 0.05) is 37.1 Å². The van der Waals surface area contributed by atoms with Gasteiger partial charge < -0.3 is 14.4 Å². The first-order chi connectivity index (χ1) is 13.7. The van der Waals surface area contributed by atoms with E-state index in [0.29, 0.717) is 19.1 Å². The normalized spacial score (nSPS) is 20.9. The molecule has 0 aliphatic carbocycles. The maximum Gasteiger partial charge on any atom is 0.227 e. The van der Waals surface area contributed by atoms with Gasteiger partial charge >= 0.3 is 0 Å². The summed E-state index contributed by atoms with van der Waals surface area (Å²) in [7, 11) is 1.67. The van der Waals surface area contributed by atoms with E-state index >= 15 is 0 Å². The van der Waals surface area contributed by atoms with Gasteiger partial charge in [-0.25, -0.2) is 4.98 Å². The summed E-state index contributed by atoms with van der Waals surface area (Å²) in [5.41, 5.74) is 2.19. The van der Waals surface area contributed by atoms with Crippen LogP contribution in [0, 0.1) is 5.92 Å². The molecule has 6 nitrogen and oxygen atoms in total. The fourth-order valence-corrected chi connectivity index (χ4v) is 4.73. The zero-order chi connectivity index (χ0) is 19.3. The van der Waals surface area contributed by atoms with Gasteiger partial charge in [0.25, 0.3) is 0 Å². The number of nitrogens with zero attached hydrogens (tertiary/aromatic N) is 3. The molecule has 4 rings (SSSR count). The van der Waals surface area contributed by atoms with E-state index in [2.05, 4.69) is 10.3 Å². The molecule has 0 radical (unpaired) electrons. The minimum atomic E-state index is 0.103. The van der Waals surface area contributed by atoms with E-state index in [9.17, 15) is 4.79 Å². The van der Waals surface area contributed by atoms with Crippen molar-refractivity contribution in [1.29, 1.82) is 0 Å². The van der Waals surface area contributed by atoms with E-state index in [0.717, 1.165) is 67.6 Å². The molecule has 2 aliphatic rings. The molecule has 150 valence electrons. The predicted octanol–water partition coefficient (Wildman–Crippen LogP) is 2.89. The van der Waals surface area contributed by atoms with Crippen molar-refractivity contribution in [2.45, 2.75) is 19.4 Å². The van der Waals surface area contributed by atoms with Crippen LogP contribution < -0.4 is 4.74 Å². The molecule has 7 heteroatoms. The minimum Gasteiger partial charge on any atom is -0.497 e. The Kier molecular flexibility index (Phi) is 6.24. The summed E-state index contributed by atoms with van der Waals surface area (Å²) >= 11 is 1.67. The van der Waals surface area contributed by atoms with Crippen LogP contribution in [0.2, 0.25) is 0 Å². The van der Waals surface area contributed by atoms with Crippen molar-refractivity contribution in [3.63, 3.8) is 0 Å². The summed E-state index contributed by atoms with van der Waals surface area (Å²) in [5.74, 6) is 1.25. The SMILES string of the molecule is COc1ccc(-c2nc(CN3CCCC(C(=O)N4CCOCC4)C3)cs2)cc1. The van der Waals surface area contributed by atoms with Crippen LogP contribution in [0.15, 0.2) is 29.6 Å². The Morgan fingerprint density at radius 2 is 2.04 bits per heavy atom.